The van der Waals surface area contributed by atoms with Crippen LogP contribution in [0, 0.1) is 0 Å². The minimum absolute atomic E-state index is 0.143. The molecule has 0 atom stereocenters. The van der Waals surface area contributed by atoms with Crippen molar-refractivity contribution in [3.63, 3.8) is 0 Å². The molecule has 5 heteroatoms. The Kier molecular flexibility index (Phi) is 5.29. The maximum absolute atomic E-state index is 12.5. The summed E-state index contributed by atoms with van der Waals surface area (Å²) >= 11 is 0. The van der Waals surface area contributed by atoms with Gasteiger partial charge in [0.1, 0.15) is 5.75 Å². The van der Waals surface area contributed by atoms with Gasteiger partial charge in [-0.1, -0.05) is 61.9 Å². The van der Waals surface area contributed by atoms with Gasteiger partial charge < -0.3 is 14.6 Å². The van der Waals surface area contributed by atoms with E-state index in [0.29, 0.717) is 16.5 Å². The molecule has 29 heavy (non-hydrogen) atoms. The first kappa shape index (κ1) is 18.7. The van der Waals surface area contributed by atoms with Crippen molar-refractivity contribution < 1.29 is 19.4 Å². The molecule has 4 aromatic rings. The predicted octanol–water partition coefficient (Wildman–Crippen LogP) is 5.84. The number of rotatable bonds is 6. The van der Waals surface area contributed by atoms with Crippen LogP contribution >= 0.6 is 0 Å². The van der Waals surface area contributed by atoms with E-state index in [1.165, 1.54) is 0 Å². The smallest absolute Gasteiger partial charge is 0.360 e. The number of unbranched alkanes of at least 4 members (excludes halogenated alkanes) is 1. The van der Waals surface area contributed by atoms with Crippen molar-refractivity contribution in [2.45, 2.75) is 19.8 Å². The van der Waals surface area contributed by atoms with Gasteiger partial charge in [-0.05, 0) is 35.4 Å². The highest BCUT2D eigenvalue weighted by molar-refractivity contribution is 6.01. The third-order valence-electron chi connectivity index (χ3n) is 4.71. The second-order valence-electron chi connectivity index (χ2n) is 6.76. The first-order valence-electron chi connectivity index (χ1n) is 9.63. The molecule has 0 aliphatic rings. The minimum atomic E-state index is -0.662. The van der Waals surface area contributed by atoms with Gasteiger partial charge >= 0.3 is 5.97 Å². The van der Waals surface area contributed by atoms with Crippen molar-refractivity contribution in [3.05, 3.63) is 72.4 Å². The number of hydrogen-bond acceptors (Lipinski definition) is 5. The molecule has 0 unspecified atom stereocenters. The van der Waals surface area contributed by atoms with E-state index in [2.05, 4.69) is 4.98 Å². The van der Waals surface area contributed by atoms with Crippen LogP contribution in [0.25, 0.3) is 21.5 Å². The van der Waals surface area contributed by atoms with Gasteiger partial charge in [-0.15, -0.1) is 0 Å². The Labute approximate surface area is 168 Å². The van der Waals surface area contributed by atoms with Crippen LogP contribution in [-0.4, -0.2) is 22.7 Å². The summed E-state index contributed by atoms with van der Waals surface area (Å²) < 4.78 is 11.3. The Balaban J connectivity index is 1.75. The SMILES string of the molecule is CCCCOC(=O)c1nc(Oc2ccc3ccccc3c2)c2ccccc2c1O. The Morgan fingerprint density at radius 3 is 2.48 bits per heavy atom. The number of fused-ring (bicyclic) bond motifs is 2. The van der Waals surface area contributed by atoms with Gasteiger partial charge in [0.05, 0.1) is 6.61 Å². The number of benzene rings is 3. The highest BCUT2D eigenvalue weighted by Crippen LogP contribution is 2.36. The highest BCUT2D eigenvalue weighted by atomic mass is 16.5. The average Bonchev–Trinajstić information content (AvgIpc) is 2.76. The van der Waals surface area contributed by atoms with Crippen LogP contribution in [-0.2, 0) is 4.74 Å². The molecule has 0 fully saturated rings. The molecule has 146 valence electrons. The second kappa shape index (κ2) is 8.19. The summed E-state index contributed by atoms with van der Waals surface area (Å²) in [7, 11) is 0. The number of carbonyl (C=O) groups excluding carboxylic acids is 1. The summed E-state index contributed by atoms with van der Waals surface area (Å²) in [4.78, 5) is 16.8. The molecule has 0 amide bonds. The van der Waals surface area contributed by atoms with Crippen molar-refractivity contribution in [2.24, 2.45) is 0 Å². The van der Waals surface area contributed by atoms with Crippen LogP contribution in [0.3, 0.4) is 0 Å². The van der Waals surface area contributed by atoms with Gasteiger partial charge in [-0.25, -0.2) is 9.78 Å². The van der Waals surface area contributed by atoms with Crippen molar-refractivity contribution in [2.75, 3.05) is 6.61 Å². The van der Waals surface area contributed by atoms with Gasteiger partial charge in [-0.3, -0.25) is 0 Å². The number of esters is 1. The summed E-state index contributed by atoms with van der Waals surface area (Å²) in [6.07, 6.45) is 1.65. The Hall–Kier alpha value is -3.60. The zero-order valence-corrected chi connectivity index (χ0v) is 16.1. The van der Waals surface area contributed by atoms with Crippen LogP contribution in [0.15, 0.2) is 66.7 Å². The van der Waals surface area contributed by atoms with E-state index in [1.807, 2.05) is 55.5 Å². The lowest BCUT2D eigenvalue weighted by atomic mass is 10.1. The fourth-order valence-corrected chi connectivity index (χ4v) is 3.16. The predicted molar refractivity (Wildman–Crippen MR) is 113 cm³/mol. The van der Waals surface area contributed by atoms with E-state index in [9.17, 15) is 9.90 Å². The molecule has 0 radical (unpaired) electrons. The van der Waals surface area contributed by atoms with Gasteiger partial charge in [-0.2, -0.15) is 0 Å². The molecule has 1 N–H and O–H groups in total. The molecular formula is C24H21NO4. The van der Waals surface area contributed by atoms with Crippen LogP contribution in [0.2, 0.25) is 0 Å². The molecule has 0 aliphatic carbocycles. The van der Waals surface area contributed by atoms with E-state index in [-0.39, 0.29) is 23.9 Å². The molecule has 0 aliphatic heterocycles. The largest absolute Gasteiger partial charge is 0.505 e. The van der Waals surface area contributed by atoms with E-state index in [0.717, 1.165) is 23.6 Å². The van der Waals surface area contributed by atoms with E-state index < -0.39 is 5.97 Å². The monoisotopic (exact) mass is 387 g/mol. The number of aromatic nitrogens is 1. The van der Waals surface area contributed by atoms with Crippen molar-refractivity contribution in [3.8, 4) is 17.4 Å². The Morgan fingerprint density at radius 2 is 1.69 bits per heavy atom. The summed E-state index contributed by atoms with van der Waals surface area (Å²) in [5, 5.41) is 13.8. The van der Waals surface area contributed by atoms with Crippen molar-refractivity contribution in [1.82, 2.24) is 4.98 Å². The standard InChI is InChI=1S/C24H21NO4/c1-2-3-14-28-24(27)21-22(26)19-10-6-7-11-20(19)23(25-21)29-18-13-12-16-8-4-5-9-17(16)15-18/h4-13,15,26H,2-3,14H2,1H3. The fraction of sp³-hybridized carbons (Fsp3) is 0.167. The number of hydrogen-bond donors (Lipinski definition) is 1. The Morgan fingerprint density at radius 1 is 0.966 bits per heavy atom. The van der Waals surface area contributed by atoms with Gasteiger partial charge in [0.2, 0.25) is 5.88 Å². The summed E-state index contributed by atoms with van der Waals surface area (Å²) in [6, 6.07) is 20.8. The van der Waals surface area contributed by atoms with Gasteiger partial charge in [0, 0.05) is 10.8 Å². The third kappa shape index (κ3) is 3.85. The Bertz CT molecular complexity index is 1190. The summed E-state index contributed by atoms with van der Waals surface area (Å²) in [5.74, 6) is -0.0218. The molecule has 3 aromatic carbocycles. The summed E-state index contributed by atoms with van der Waals surface area (Å²) in [6.45, 7) is 2.29. The summed E-state index contributed by atoms with van der Waals surface area (Å²) in [5.41, 5.74) is -0.143. The molecule has 0 bridgehead atoms. The van der Waals surface area contributed by atoms with E-state index in [1.54, 1.807) is 18.2 Å². The first-order valence-corrected chi connectivity index (χ1v) is 9.63. The van der Waals surface area contributed by atoms with Gasteiger partial charge in [0.15, 0.2) is 11.4 Å². The molecular weight excluding hydrogens is 366 g/mol. The molecule has 1 heterocycles. The third-order valence-corrected chi connectivity index (χ3v) is 4.71. The molecule has 0 saturated carbocycles. The van der Waals surface area contributed by atoms with Gasteiger partial charge in [0.25, 0.3) is 0 Å². The number of nitrogens with zero attached hydrogens (tertiary/aromatic N) is 1. The van der Waals surface area contributed by atoms with Crippen LogP contribution < -0.4 is 4.74 Å². The molecule has 5 nitrogen and oxygen atoms in total. The number of carbonyl (C=O) groups is 1. The van der Waals surface area contributed by atoms with Crippen molar-refractivity contribution >= 4 is 27.5 Å². The van der Waals surface area contributed by atoms with E-state index >= 15 is 0 Å². The molecule has 1 aromatic heterocycles. The lowest BCUT2D eigenvalue weighted by Crippen LogP contribution is -2.10. The second-order valence-corrected chi connectivity index (χ2v) is 6.76. The first-order chi connectivity index (χ1) is 14.2. The molecule has 0 spiro atoms. The lowest BCUT2D eigenvalue weighted by molar-refractivity contribution is 0.0488. The number of aromatic hydroxyl groups is 1. The fourth-order valence-electron chi connectivity index (χ4n) is 3.16. The topological polar surface area (TPSA) is 68.7 Å². The minimum Gasteiger partial charge on any atom is -0.505 e. The number of pyridine rings is 1. The maximum atomic E-state index is 12.5. The van der Waals surface area contributed by atoms with Crippen LogP contribution in [0.5, 0.6) is 17.4 Å². The van der Waals surface area contributed by atoms with Crippen molar-refractivity contribution in [1.29, 1.82) is 0 Å². The number of ether oxygens (including phenoxy) is 2. The van der Waals surface area contributed by atoms with E-state index in [4.69, 9.17) is 9.47 Å². The molecule has 4 rings (SSSR count). The van der Waals surface area contributed by atoms with Crippen LogP contribution in [0.1, 0.15) is 30.3 Å². The zero-order chi connectivity index (χ0) is 20.2. The lowest BCUT2D eigenvalue weighted by Gasteiger charge is -2.13. The average molecular weight is 387 g/mol. The quantitative estimate of drug-likeness (QED) is 0.332. The maximum Gasteiger partial charge on any atom is 0.360 e. The highest BCUT2D eigenvalue weighted by Gasteiger charge is 2.21. The molecule has 0 saturated heterocycles. The zero-order valence-electron chi connectivity index (χ0n) is 16.1. The van der Waals surface area contributed by atoms with Crippen LogP contribution in [0.4, 0.5) is 0 Å². The normalized spacial score (nSPS) is 10.9.